The summed E-state index contributed by atoms with van der Waals surface area (Å²) in [7, 11) is 0. The molecule has 1 aliphatic rings. The van der Waals surface area contributed by atoms with Gasteiger partial charge in [-0.2, -0.15) is 0 Å². The Morgan fingerprint density at radius 2 is 1.68 bits per heavy atom. The zero-order chi connectivity index (χ0) is 16.3. The number of phenols is 2. The Labute approximate surface area is 130 Å². The molecule has 6 nitrogen and oxygen atoms in total. The second-order valence-electron chi connectivity index (χ2n) is 6.52. The maximum Gasteiger partial charge on any atom is 0.410 e. The number of ether oxygens (including phenoxy) is 1. The fourth-order valence-corrected chi connectivity index (χ4v) is 2.45. The van der Waals surface area contributed by atoms with Gasteiger partial charge in [0.1, 0.15) is 17.1 Å². The number of hydrogen-bond donors (Lipinski definition) is 2. The van der Waals surface area contributed by atoms with E-state index in [2.05, 4.69) is 0 Å². The van der Waals surface area contributed by atoms with Crippen molar-refractivity contribution >= 4 is 11.8 Å². The van der Waals surface area contributed by atoms with E-state index in [0.717, 1.165) is 18.7 Å². The van der Waals surface area contributed by atoms with E-state index in [-0.39, 0.29) is 17.6 Å². The highest BCUT2D eigenvalue weighted by atomic mass is 16.6. The number of hydrogen-bond acceptors (Lipinski definition) is 5. The number of benzene rings is 1. The SMILES string of the molecule is CC(C)(C)OC(=O)N1CCCN(c2cc(O)cc(O)c2)CC1. The molecule has 2 rings (SSSR count). The van der Waals surface area contributed by atoms with Crippen LogP contribution in [0.5, 0.6) is 11.5 Å². The monoisotopic (exact) mass is 308 g/mol. The molecule has 6 heteroatoms. The first-order valence-electron chi connectivity index (χ1n) is 7.50. The van der Waals surface area contributed by atoms with Crippen LogP contribution in [0.4, 0.5) is 10.5 Å². The quantitative estimate of drug-likeness (QED) is 0.834. The van der Waals surface area contributed by atoms with Crippen LogP contribution in [0.2, 0.25) is 0 Å². The van der Waals surface area contributed by atoms with Crippen molar-refractivity contribution in [2.75, 3.05) is 31.1 Å². The van der Waals surface area contributed by atoms with Crippen LogP contribution in [0, 0.1) is 0 Å². The molecule has 1 aromatic rings. The van der Waals surface area contributed by atoms with Gasteiger partial charge in [0.2, 0.25) is 0 Å². The summed E-state index contributed by atoms with van der Waals surface area (Å²) in [6.45, 7) is 8.12. The molecule has 2 N–H and O–H groups in total. The lowest BCUT2D eigenvalue weighted by molar-refractivity contribution is 0.0263. The summed E-state index contributed by atoms with van der Waals surface area (Å²) in [5.41, 5.74) is 0.253. The summed E-state index contributed by atoms with van der Waals surface area (Å²) in [5.74, 6) is 0.0616. The molecule has 0 spiro atoms. The van der Waals surface area contributed by atoms with E-state index in [9.17, 15) is 15.0 Å². The minimum Gasteiger partial charge on any atom is -0.508 e. The van der Waals surface area contributed by atoms with Gasteiger partial charge in [0.25, 0.3) is 0 Å². The lowest BCUT2D eigenvalue weighted by atomic mass is 10.2. The Bertz CT molecular complexity index is 519. The van der Waals surface area contributed by atoms with Gasteiger partial charge >= 0.3 is 6.09 Å². The van der Waals surface area contributed by atoms with Gasteiger partial charge in [0.05, 0.1) is 0 Å². The summed E-state index contributed by atoms with van der Waals surface area (Å²) in [6, 6.07) is 4.53. The van der Waals surface area contributed by atoms with Crippen molar-refractivity contribution in [3.63, 3.8) is 0 Å². The molecular formula is C16H24N2O4. The largest absolute Gasteiger partial charge is 0.508 e. The number of carbonyl (C=O) groups excluding carboxylic acids is 1. The van der Waals surface area contributed by atoms with E-state index in [1.165, 1.54) is 6.07 Å². The smallest absolute Gasteiger partial charge is 0.410 e. The first-order valence-corrected chi connectivity index (χ1v) is 7.50. The standard InChI is InChI=1S/C16H24N2O4/c1-16(2,3)22-15(21)18-6-4-5-17(7-8-18)12-9-13(19)11-14(20)10-12/h9-11,19-20H,4-8H2,1-3H3. The lowest BCUT2D eigenvalue weighted by Gasteiger charge is -2.27. The second-order valence-corrected chi connectivity index (χ2v) is 6.52. The van der Waals surface area contributed by atoms with E-state index in [1.54, 1.807) is 17.0 Å². The Kier molecular flexibility index (Phi) is 4.68. The van der Waals surface area contributed by atoms with Gasteiger partial charge in [0, 0.05) is 50.1 Å². The normalized spacial score (nSPS) is 16.3. The van der Waals surface area contributed by atoms with E-state index in [0.29, 0.717) is 19.6 Å². The number of carbonyl (C=O) groups is 1. The van der Waals surface area contributed by atoms with Crippen molar-refractivity contribution in [2.45, 2.75) is 32.8 Å². The fraction of sp³-hybridized carbons (Fsp3) is 0.562. The van der Waals surface area contributed by atoms with E-state index in [1.807, 2.05) is 25.7 Å². The highest BCUT2D eigenvalue weighted by Gasteiger charge is 2.24. The van der Waals surface area contributed by atoms with E-state index in [4.69, 9.17) is 4.74 Å². The van der Waals surface area contributed by atoms with Crippen molar-refractivity contribution in [3.8, 4) is 11.5 Å². The molecular weight excluding hydrogens is 284 g/mol. The van der Waals surface area contributed by atoms with Crippen molar-refractivity contribution in [1.82, 2.24) is 4.90 Å². The number of amides is 1. The van der Waals surface area contributed by atoms with Crippen LogP contribution in [0.3, 0.4) is 0 Å². The Morgan fingerprint density at radius 3 is 2.27 bits per heavy atom. The topological polar surface area (TPSA) is 73.2 Å². The second kappa shape index (κ2) is 6.34. The van der Waals surface area contributed by atoms with Gasteiger partial charge in [-0.05, 0) is 27.2 Å². The van der Waals surface area contributed by atoms with Crippen LogP contribution in [0.1, 0.15) is 27.2 Å². The first-order chi connectivity index (χ1) is 10.2. The Balaban J connectivity index is 2.02. The average Bonchev–Trinajstić information content (AvgIpc) is 2.61. The zero-order valence-corrected chi connectivity index (χ0v) is 13.4. The molecule has 0 aliphatic carbocycles. The lowest BCUT2D eigenvalue weighted by Crippen LogP contribution is -2.39. The number of rotatable bonds is 1. The molecule has 0 bridgehead atoms. The number of anilines is 1. The molecule has 1 heterocycles. The molecule has 1 aliphatic heterocycles. The highest BCUT2D eigenvalue weighted by Crippen LogP contribution is 2.27. The van der Waals surface area contributed by atoms with Crippen molar-refractivity contribution in [2.24, 2.45) is 0 Å². The van der Waals surface area contributed by atoms with Gasteiger partial charge in [0.15, 0.2) is 0 Å². The molecule has 0 radical (unpaired) electrons. The predicted molar refractivity (Wildman–Crippen MR) is 84.4 cm³/mol. The van der Waals surface area contributed by atoms with E-state index < -0.39 is 5.60 Å². The molecule has 22 heavy (non-hydrogen) atoms. The van der Waals surface area contributed by atoms with Crippen molar-refractivity contribution in [1.29, 1.82) is 0 Å². The van der Waals surface area contributed by atoms with Gasteiger partial charge in [-0.25, -0.2) is 4.79 Å². The number of nitrogens with zero attached hydrogens (tertiary/aromatic N) is 2. The van der Waals surface area contributed by atoms with E-state index >= 15 is 0 Å². The molecule has 1 saturated heterocycles. The summed E-state index contributed by atoms with van der Waals surface area (Å²) in [6.07, 6.45) is 0.503. The van der Waals surface area contributed by atoms with Crippen molar-refractivity contribution in [3.05, 3.63) is 18.2 Å². The number of phenolic OH excluding ortho intramolecular Hbond substituents is 2. The maximum absolute atomic E-state index is 12.1. The third-order valence-electron chi connectivity index (χ3n) is 3.40. The van der Waals surface area contributed by atoms with Crippen LogP contribution in [-0.4, -0.2) is 53.0 Å². The summed E-state index contributed by atoms with van der Waals surface area (Å²) in [5, 5.41) is 19.2. The minimum atomic E-state index is -0.500. The van der Waals surface area contributed by atoms with Gasteiger partial charge in [-0.15, -0.1) is 0 Å². The third kappa shape index (κ3) is 4.44. The maximum atomic E-state index is 12.1. The summed E-state index contributed by atoms with van der Waals surface area (Å²) in [4.78, 5) is 15.9. The van der Waals surface area contributed by atoms with Crippen molar-refractivity contribution < 1.29 is 19.7 Å². The third-order valence-corrected chi connectivity index (χ3v) is 3.40. The molecule has 122 valence electrons. The van der Waals surface area contributed by atoms with Crippen LogP contribution in [0.15, 0.2) is 18.2 Å². The van der Waals surface area contributed by atoms with Crippen LogP contribution in [0.25, 0.3) is 0 Å². The van der Waals surface area contributed by atoms with Crippen LogP contribution in [-0.2, 0) is 4.74 Å². The molecule has 0 saturated carbocycles. The van der Waals surface area contributed by atoms with Gasteiger partial charge < -0.3 is 24.7 Å². The highest BCUT2D eigenvalue weighted by molar-refractivity contribution is 5.68. The Morgan fingerprint density at radius 1 is 1.05 bits per heavy atom. The van der Waals surface area contributed by atoms with Gasteiger partial charge in [-0.1, -0.05) is 0 Å². The first kappa shape index (κ1) is 16.3. The van der Waals surface area contributed by atoms with Gasteiger partial charge in [-0.3, -0.25) is 0 Å². The molecule has 0 aromatic heterocycles. The van der Waals surface area contributed by atoms with Crippen LogP contribution < -0.4 is 4.90 Å². The zero-order valence-electron chi connectivity index (χ0n) is 13.4. The molecule has 1 amide bonds. The average molecular weight is 308 g/mol. The molecule has 1 fully saturated rings. The summed E-state index contributed by atoms with van der Waals surface area (Å²) >= 11 is 0. The predicted octanol–water partition coefficient (Wildman–Crippen LogP) is 2.55. The van der Waals surface area contributed by atoms with Crippen LogP contribution >= 0.6 is 0 Å². The number of aromatic hydroxyl groups is 2. The molecule has 1 aromatic carbocycles. The molecule has 0 atom stereocenters. The Hall–Kier alpha value is -2.11. The molecule has 0 unspecified atom stereocenters. The minimum absolute atomic E-state index is 0.0308. The fourth-order valence-electron chi connectivity index (χ4n) is 2.45. The summed E-state index contributed by atoms with van der Waals surface area (Å²) < 4.78 is 5.40.